The summed E-state index contributed by atoms with van der Waals surface area (Å²) in [6, 6.07) is 8.17. The van der Waals surface area contributed by atoms with Crippen molar-refractivity contribution in [3.05, 3.63) is 34.9 Å². The first-order valence-electron chi connectivity index (χ1n) is 6.65. The molecule has 0 heterocycles. The van der Waals surface area contributed by atoms with Crippen LogP contribution in [0.3, 0.4) is 0 Å². The van der Waals surface area contributed by atoms with Crippen LogP contribution in [0.1, 0.15) is 44.6 Å². The van der Waals surface area contributed by atoms with Crippen molar-refractivity contribution in [2.24, 2.45) is 0 Å². The van der Waals surface area contributed by atoms with Crippen molar-refractivity contribution in [2.75, 3.05) is 13.2 Å². The third-order valence-corrected chi connectivity index (χ3v) is 3.02. The Bertz CT molecular complexity index is 281. The number of hydrogen-bond donors (Lipinski definition) is 0. The summed E-state index contributed by atoms with van der Waals surface area (Å²) >= 11 is 5.84. The average Bonchev–Trinajstić information content (AvgIpc) is 2.35. The second-order valence-electron chi connectivity index (χ2n) is 4.40. The highest BCUT2D eigenvalue weighted by Crippen LogP contribution is 2.12. The third-order valence-electron chi connectivity index (χ3n) is 2.77. The zero-order valence-corrected chi connectivity index (χ0v) is 11.5. The van der Waals surface area contributed by atoms with E-state index in [9.17, 15) is 0 Å². The largest absolute Gasteiger partial charge is 0.381 e. The summed E-state index contributed by atoms with van der Waals surface area (Å²) in [5.41, 5.74) is 1.39. The molecule has 0 fully saturated rings. The second kappa shape index (κ2) is 9.49. The lowest BCUT2D eigenvalue weighted by molar-refractivity contribution is 0.130. The van der Waals surface area contributed by atoms with E-state index in [1.807, 2.05) is 12.1 Å². The Hall–Kier alpha value is -0.530. The quantitative estimate of drug-likeness (QED) is 0.572. The number of unbranched alkanes of at least 4 members (excludes halogenated alkanes) is 3. The lowest BCUT2D eigenvalue weighted by atomic mass is 10.1. The van der Waals surface area contributed by atoms with Gasteiger partial charge in [-0.15, -0.1) is 0 Å². The molecule has 0 aliphatic heterocycles. The average molecular weight is 255 g/mol. The van der Waals surface area contributed by atoms with Crippen LogP contribution in [0.2, 0.25) is 5.02 Å². The molecule has 96 valence electrons. The molecule has 2 heteroatoms. The fourth-order valence-corrected chi connectivity index (χ4v) is 1.91. The van der Waals surface area contributed by atoms with Gasteiger partial charge < -0.3 is 4.74 Å². The second-order valence-corrected chi connectivity index (χ2v) is 4.84. The Morgan fingerprint density at radius 2 is 1.65 bits per heavy atom. The van der Waals surface area contributed by atoms with Gasteiger partial charge in [-0.2, -0.15) is 0 Å². The number of rotatable bonds is 9. The monoisotopic (exact) mass is 254 g/mol. The number of ether oxygens (including phenoxy) is 1. The van der Waals surface area contributed by atoms with E-state index in [4.69, 9.17) is 16.3 Å². The molecule has 0 radical (unpaired) electrons. The Morgan fingerprint density at radius 3 is 2.35 bits per heavy atom. The maximum Gasteiger partial charge on any atom is 0.0466 e. The highest BCUT2D eigenvalue weighted by Gasteiger charge is 1.94. The van der Waals surface area contributed by atoms with Crippen molar-refractivity contribution >= 4 is 11.6 Å². The molecule has 1 aromatic carbocycles. The van der Waals surface area contributed by atoms with Crippen LogP contribution in [0.5, 0.6) is 0 Å². The number of halogens is 1. The smallest absolute Gasteiger partial charge is 0.0466 e. The minimum absolute atomic E-state index is 0.821. The minimum atomic E-state index is 0.821. The van der Waals surface area contributed by atoms with E-state index in [0.29, 0.717) is 0 Å². The normalized spacial score (nSPS) is 10.7. The molecule has 0 unspecified atom stereocenters. The zero-order chi connectivity index (χ0) is 12.3. The van der Waals surface area contributed by atoms with Gasteiger partial charge in [0.05, 0.1) is 0 Å². The molecular weight excluding hydrogens is 232 g/mol. The fraction of sp³-hybridized carbons (Fsp3) is 0.600. The molecule has 1 rings (SSSR count). The lowest BCUT2D eigenvalue weighted by Crippen LogP contribution is -1.95. The van der Waals surface area contributed by atoms with Gasteiger partial charge in [-0.05, 0) is 43.4 Å². The van der Waals surface area contributed by atoms with Gasteiger partial charge in [-0.25, -0.2) is 0 Å². The first-order chi connectivity index (χ1) is 8.33. The molecule has 0 amide bonds. The van der Waals surface area contributed by atoms with Gasteiger partial charge in [0.25, 0.3) is 0 Å². The first kappa shape index (κ1) is 14.5. The standard InChI is InChI=1S/C15H23ClO/c1-2-12-17-13-6-4-3-5-7-14-8-10-15(16)11-9-14/h8-11H,2-7,12-13H2,1H3. The summed E-state index contributed by atoms with van der Waals surface area (Å²) < 4.78 is 5.45. The maximum absolute atomic E-state index is 5.84. The number of benzene rings is 1. The van der Waals surface area contributed by atoms with Crippen molar-refractivity contribution in [3.8, 4) is 0 Å². The van der Waals surface area contributed by atoms with E-state index in [1.54, 1.807) is 0 Å². The summed E-state index contributed by atoms with van der Waals surface area (Å²) in [4.78, 5) is 0. The predicted molar refractivity (Wildman–Crippen MR) is 74.7 cm³/mol. The maximum atomic E-state index is 5.84. The van der Waals surface area contributed by atoms with Gasteiger partial charge in [-0.3, -0.25) is 0 Å². The summed E-state index contributed by atoms with van der Waals surface area (Å²) in [6.07, 6.45) is 7.30. The van der Waals surface area contributed by atoms with Gasteiger partial charge in [0.15, 0.2) is 0 Å². The highest BCUT2D eigenvalue weighted by molar-refractivity contribution is 6.30. The summed E-state index contributed by atoms with van der Waals surface area (Å²) in [6.45, 7) is 3.98. The van der Waals surface area contributed by atoms with Crippen molar-refractivity contribution in [1.82, 2.24) is 0 Å². The van der Waals surface area contributed by atoms with Gasteiger partial charge in [0, 0.05) is 18.2 Å². The van der Waals surface area contributed by atoms with E-state index < -0.39 is 0 Å². The Balaban J connectivity index is 1.95. The molecule has 0 saturated carbocycles. The summed E-state index contributed by atoms with van der Waals surface area (Å²) in [5, 5.41) is 0.821. The van der Waals surface area contributed by atoms with Crippen LogP contribution < -0.4 is 0 Å². The summed E-state index contributed by atoms with van der Waals surface area (Å²) in [5.74, 6) is 0. The van der Waals surface area contributed by atoms with Crippen molar-refractivity contribution in [2.45, 2.75) is 45.4 Å². The van der Waals surface area contributed by atoms with E-state index in [1.165, 1.54) is 31.2 Å². The van der Waals surface area contributed by atoms with Crippen LogP contribution in [0.4, 0.5) is 0 Å². The van der Waals surface area contributed by atoms with Crippen LogP contribution in [0.15, 0.2) is 24.3 Å². The Kier molecular flexibility index (Phi) is 8.12. The molecule has 0 aliphatic carbocycles. The summed E-state index contributed by atoms with van der Waals surface area (Å²) in [7, 11) is 0. The van der Waals surface area contributed by atoms with Gasteiger partial charge in [0.1, 0.15) is 0 Å². The lowest BCUT2D eigenvalue weighted by Gasteiger charge is -2.03. The van der Waals surface area contributed by atoms with E-state index in [-0.39, 0.29) is 0 Å². The van der Waals surface area contributed by atoms with Crippen molar-refractivity contribution in [1.29, 1.82) is 0 Å². The van der Waals surface area contributed by atoms with E-state index in [0.717, 1.165) is 31.1 Å². The Morgan fingerprint density at radius 1 is 0.941 bits per heavy atom. The molecular formula is C15H23ClO. The highest BCUT2D eigenvalue weighted by atomic mass is 35.5. The molecule has 0 N–H and O–H groups in total. The van der Waals surface area contributed by atoms with Crippen LogP contribution in [0, 0.1) is 0 Å². The molecule has 0 bridgehead atoms. The van der Waals surface area contributed by atoms with Gasteiger partial charge in [0.2, 0.25) is 0 Å². The van der Waals surface area contributed by atoms with E-state index in [2.05, 4.69) is 19.1 Å². The fourth-order valence-electron chi connectivity index (χ4n) is 1.78. The zero-order valence-electron chi connectivity index (χ0n) is 10.8. The first-order valence-corrected chi connectivity index (χ1v) is 7.03. The van der Waals surface area contributed by atoms with Crippen LogP contribution in [-0.2, 0) is 11.2 Å². The van der Waals surface area contributed by atoms with Crippen LogP contribution in [-0.4, -0.2) is 13.2 Å². The molecule has 1 nitrogen and oxygen atoms in total. The molecule has 0 spiro atoms. The number of hydrogen-bond acceptors (Lipinski definition) is 1. The van der Waals surface area contributed by atoms with Crippen molar-refractivity contribution < 1.29 is 4.74 Å². The molecule has 0 aliphatic rings. The molecule has 0 atom stereocenters. The van der Waals surface area contributed by atoms with Crippen LogP contribution >= 0.6 is 11.6 Å². The topological polar surface area (TPSA) is 9.23 Å². The molecule has 0 saturated heterocycles. The minimum Gasteiger partial charge on any atom is -0.381 e. The molecule has 0 aromatic heterocycles. The molecule has 17 heavy (non-hydrogen) atoms. The van der Waals surface area contributed by atoms with Gasteiger partial charge >= 0.3 is 0 Å². The van der Waals surface area contributed by atoms with Gasteiger partial charge in [-0.1, -0.05) is 43.5 Å². The van der Waals surface area contributed by atoms with Crippen LogP contribution in [0.25, 0.3) is 0 Å². The third kappa shape index (κ3) is 7.40. The van der Waals surface area contributed by atoms with Crippen molar-refractivity contribution in [3.63, 3.8) is 0 Å². The predicted octanol–water partition coefficient (Wildman–Crippen LogP) is 4.87. The van der Waals surface area contributed by atoms with E-state index >= 15 is 0 Å². The SMILES string of the molecule is CCCOCCCCCCc1ccc(Cl)cc1. The molecule has 1 aromatic rings. The Labute approximate surface area is 110 Å². The number of aryl methyl sites for hydroxylation is 1.